The number of piperidine rings is 1. The molecule has 156 valence electrons. The third-order valence-corrected chi connectivity index (χ3v) is 9.36. The molecule has 0 saturated carbocycles. The summed E-state index contributed by atoms with van der Waals surface area (Å²) in [6.45, 7) is 3.04. The number of fused-ring (bicyclic) bond motifs is 2. The molecule has 0 atom stereocenters. The van der Waals surface area contributed by atoms with Crippen molar-refractivity contribution in [3.63, 3.8) is 0 Å². The molecular weight excluding hydrogens is 420 g/mol. The molecule has 8 heteroatoms. The van der Waals surface area contributed by atoms with E-state index in [-0.39, 0.29) is 18.7 Å². The predicted molar refractivity (Wildman–Crippen MR) is 117 cm³/mol. The van der Waals surface area contributed by atoms with E-state index in [2.05, 4.69) is 0 Å². The lowest BCUT2D eigenvalue weighted by Crippen LogP contribution is -2.50. The Morgan fingerprint density at radius 2 is 1.83 bits per heavy atom. The molecule has 0 unspecified atom stereocenters. The Hall–Kier alpha value is -2.42. The van der Waals surface area contributed by atoms with E-state index >= 15 is 0 Å². The summed E-state index contributed by atoms with van der Waals surface area (Å²) in [6, 6.07) is 15.3. The second-order valence-corrected chi connectivity index (χ2v) is 11.0. The van der Waals surface area contributed by atoms with E-state index in [1.807, 2.05) is 49.4 Å². The third-order valence-electron chi connectivity index (χ3n) is 5.90. The molecule has 0 spiro atoms. The number of anilines is 1. The van der Waals surface area contributed by atoms with Crippen LogP contribution < -0.4 is 4.90 Å². The minimum absolute atomic E-state index is 0.0773. The summed E-state index contributed by atoms with van der Waals surface area (Å²) < 4.78 is 34.6. The molecule has 1 fully saturated rings. The molecule has 0 N–H and O–H groups in total. The minimum Gasteiger partial charge on any atom is -0.444 e. The van der Waals surface area contributed by atoms with E-state index in [0.717, 1.165) is 26.9 Å². The van der Waals surface area contributed by atoms with Crippen LogP contribution in [-0.4, -0.2) is 37.9 Å². The third kappa shape index (κ3) is 3.19. The molecule has 0 bridgehead atoms. The summed E-state index contributed by atoms with van der Waals surface area (Å²) in [4.78, 5) is 14.3. The highest BCUT2D eigenvalue weighted by molar-refractivity contribution is 7.91. The summed E-state index contributed by atoms with van der Waals surface area (Å²) >= 11 is 1.31. The first-order valence-electron chi connectivity index (χ1n) is 9.98. The van der Waals surface area contributed by atoms with Crippen molar-refractivity contribution in [1.82, 2.24) is 4.31 Å². The number of rotatable bonds is 3. The average Bonchev–Trinajstić information content (AvgIpc) is 3.20. The number of ether oxygens (including phenoxy) is 1. The Morgan fingerprint density at radius 1 is 1.07 bits per heavy atom. The fourth-order valence-corrected chi connectivity index (χ4v) is 7.39. The van der Waals surface area contributed by atoms with Crippen molar-refractivity contribution in [2.24, 2.45) is 0 Å². The molecule has 30 heavy (non-hydrogen) atoms. The van der Waals surface area contributed by atoms with Crippen LogP contribution >= 0.6 is 11.3 Å². The summed E-state index contributed by atoms with van der Waals surface area (Å²) in [5.74, 6) is 0. The highest BCUT2D eigenvalue weighted by Gasteiger charge is 2.38. The molecule has 0 radical (unpaired) electrons. The lowest BCUT2D eigenvalue weighted by molar-refractivity contribution is 0.135. The molecule has 2 aliphatic rings. The highest BCUT2D eigenvalue weighted by Crippen LogP contribution is 2.36. The van der Waals surface area contributed by atoms with Crippen molar-refractivity contribution in [2.75, 3.05) is 18.0 Å². The van der Waals surface area contributed by atoms with Crippen LogP contribution in [-0.2, 0) is 21.4 Å². The topological polar surface area (TPSA) is 66.9 Å². The molecule has 0 aliphatic carbocycles. The maximum absolute atomic E-state index is 13.2. The van der Waals surface area contributed by atoms with Crippen molar-refractivity contribution >= 4 is 43.2 Å². The molecular formula is C22H22N2O4S2. The van der Waals surface area contributed by atoms with Gasteiger partial charge in [0.2, 0.25) is 0 Å². The molecule has 2 aliphatic heterocycles. The number of nitrogens with zero attached hydrogens (tertiary/aromatic N) is 2. The standard InChI is InChI=1S/C22H22N2O4S2/c1-15-5-4-7-17-14-28-22(25)24(21(15)17)18-9-11-23(12-10-18)30(26,27)20-13-16-6-2-3-8-19(16)29-20/h2-8,13,18H,9-12,14H2,1H3. The van der Waals surface area contributed by atoms with Crippen molar-refractivity contribution in [3.8, 4) is 0 Å². The van der Waals surface area contributed by atoms with Gasteiger partial charge in [-0.05, 0) is 42.8 Å². The second-order valence-electron chi connectivity index (χ2n) is 7.75. The van der Waals surface area contributed by atoms with Gasteiger partial charge in [-0.3, -0.25) is 4.90 Å². The van der Waals surface area contributed by atoms with Gasteiger partial charge in [0, 0.05) is 29.4 Å². The normalized spacial score (nSPS) is 18.4. The number of sulfonamides is 1. The van der Waals surface area contributed by atoms with Crippen molar-refractivity contribution in [3.05, 3.63) is 59.7 Å². The lowest BCUT2D eigenvalue weighted by Gasteiger charge is -2.40. The molecule has 3 aromatic rings. The van der Waals surface area contributed by atoms with Crippen LogP contribution in [0.25, 0.3) is 10.1 Å². The predicted octanol–water partition coefficient (Wildman–Crippen LogP) is 4.52. The van der Waals surface area contributed by atoms with Gasteiger partial charge in [0.1, 0.15) is 10.8 Å². The van der Waals surface area contributed by atoms with Gasteiger partial charge in [-0.15, -0.1) is 11.3 Å². The van der Waals surface area contributed by atoms with Crippen LogP contribution in [0.15, 0.2) is 52.7 Å². The Morgan fingerprint density at radius 3 is 2.60 bits per heavy atom. The summed E-state index contributed by atoms with van der Waals surface area (Å²) in [7, 11) is -3.54. The molecule has 1 saturated heterocycles. The zero-order valence-corrected chi connectivity index (χ0v) is 18.2. The second kappa shape index (κ2) is 7.37. The number of hydrogen-bond acceptors (Lipinski definition) is 5. The quantitative estimate of drug-likeness (QED) is 0.598. The van der Waals surface area contributed by atoms with Crippen LogP contribution in [0.4, 0.5) is 10.5 Å². The van der Waals surface area contributed by atoms with E-state index < -0.39 is 10.0 Å². The summed E-state index contributed by atoms with van der Waals surface area (Å²) in [5, 5.41) is 0.944. The summed E-state index contributed by atoms with van der Waals surface area (Å²) in [5.41, 5.74) is 2.94. The largest absolute Gasteiger partial charge is 0.444 e. The van der Waals surface area contributed by atoms with Gasteiger partial charge < -0.3 is 4.74 Å². The van der Waals surface area contributed by atoms with Gasteiger partial charge in [0.25, 0.3) is 10.0 Å². The van der Waals surface area contributed by atoms with Gasteiger partial charge in [-0.2, -0.15) is 4.31 Å². The number of aryl methyl sites for hydroxylation is 1. The van der Waals surface area contributed by atoms with Gasteiger partial charge in [0.15, 0.2) is 0 Å². The highest BCUT2D eigenvalue weighted by atomic mass is 32.2. The maximum atomic E-state index is 13.2. The molecule has 1 aromatic heterocycles. The molecule has 3 heterocycles. The van der Waals surface area contributed by atoms with E-state index in [1.165, 1.54) is 11.3 Å². The average molecular weight is 443 g/mol. The SMILES string of the molecule is Cc1cccc2c1N(C1CCN(S(=O)(=O)c3cc4ccccc4s3)CC1)C(=O)OC2. The number of cyclic esters (lactones) is 1. The zero-order valence-electron chi connectivity index (χ0n) is 16.6. The van der Waals surface area contributed by atoms with Gasteiger partial charge in [0.05, 0.1) is 5.69 Å². The Kier molecular flexibility index (Phi) is 4.80. The van der Waals surface area contributed by atoms with Crippen LogP contribution in [0.5, 0.6) is 0 Å². The number of carbonyl (C=O) groups excluding carboxylic acids is 1. The maximum Gasteiger partial charge on any atom is 0.414 e. The first-order chi connectivity index (χ1) is 14.4. The van der Waals surface area contributed by atoms with E-state index in [0.29, 0.717) is 30.1 Å². The van der Waals surface area contributed by atoms with E-state index in [1.54, 1.807) is 15.3 Å². The monoisotopic (exact) mass is 442 g/mol. The number of para-hydroxylation sites is 1. The van der Waals surface area contributed by atoms with E-state index in [4.69, 9.17) is 4.74 Å². The van der Waals surface area contributed by atoms with Crippen LogP contribution in [0.1, 0.15) is 24.0 Å². The Balaban J connectivity index is 1.37. The number of benzene rings is 2. The summed E-state index contributed by atoms with van der Waals surface area (Å²) in [6.07, 6.45) is 0.808. The molecule has 6 nitrogen and oxygen atoms in total. The van der Waals surface area contributed by atoms with E-state index in [9.17, 15) is 13.2 Å². The fourth-order valence-electron chi connectivity index (χ4n) is 4.37. The molecule has 5 rings (SSSR count). The van der Waals surface area contributed by atoms with Crippen LogP contribution in [0.3, 0.4) is 0 Å². The Bertz CT molecular complexity index is 1190. The number of thiophene rings is 1. The number of amides is 1. The minimum atomic E-state index is -3.54. The van der Waals surface area contributed by atoms with Crippen LogP contribution in [0.2, 0.25) is 0 Å². The van der Waals surface area contributed by atoms with Crippen molar-refractivity contribution in [1.29, 1.82) is 0 Å². The fraction of sp³-hybridized carbons (Fsp3) is 0.318. The van der Waals surface area contributed by atoms with Crippen molar-refractivity contribution < 1.29 is 17.9 Å². The van der Waals surface area contributed by atoms with Gasteiger partial charge >= 0.3 is 6.09 Å². The smallest absolute Gasteiger partial charge is 0.414 e. The van der Waals surface area contributed by atoms with Crippen LogP contribution in [0, 0.1) is 6.92 Å². The number of carbonyl (C=O) groups is 1. The molecule has 1 amide bonds. The van der Waals surface area contributed by atoms with Gasteiger partial charge in [-0.25, -0.2) is 13.2 Å². The van der Waals surface area contributed by atoms with Crippen molar-refractivity contribution in [2.45, 2.75) is 36.6 Å². The first kappa shape index (κ1) is 19.5. The van der Waals surface area contributed by atoms with Gasteiger partial charge in [-0.1, -0.05) is 36.4 Å². The molecule has 2 aromatic carbocycles. The number of hydrogen-bond donors (Lipinski definition) is 0. The first-order valence-corrected chi connectivity index (χ1v) is 12.2. The Labute approximate surface area is 179 Å². The zero-order chi connectivity index (χ0) is 20.9. The lowest BCUT2D eigenvalue weighted by atomic mass is 10.00.